The van der Waals surface area contributed by atoms with Crippen LogP contribution in [0.1, 0.15) is 72.1 Å². The summed E-state index contributed by atoms with van der Waals surface area (Å²) in [6.45, 7) is 7.06. The lowest BCUT2D eigenvalue weighted by atomic mass is 9.47. The lowest BCUT2D eigenvalue weighted by molar-refractivity contribution is -0.0626. The van der Waals surface area contributed by atoms with Crippen LogP contribution in [0.25, 0.3) is 0 Å². The van der Waals surface area contributed by atoms with Crippen LogP contribution in [0, 0.1) is 34.5 Å². The molecule has 0 aromatic rings. The predicted octanol–water partition coefficient (Wildman–Crippen LogP) is 4.27. The molecule has 0 radical (unpaired) electrons. The Bertz CT molecular complexity index is 512. The predicted molar refractivity (Wildman–Crippen MR) is 94.8 cm³/mol. The number of nitrogens with two attached hydrogens (primary N) is 1. The van der Waals surface area contributed by atoms with E-state index in [9.17, 15) is 5.11 Å². The molecule has 3 saturated carbocycles. The van der Waals surface area contributed by atoms with E-state index >= 15 is 0 Å². The van der Waals surface area contributed by atoms with Gasteiger partial charge >= 0.3 is 0 Å². The van der Waals surface area contributed by atoms with Crippen molar-refractivity contribution in [3.05, 3.63) is 11.6 Å². The average Bonchev–Trinajstić information content (AvgIpc) is 2.85. The van der Waals surface area contributed by atoms with E-state index in [2.05, 4.69) is 19.9 Å². The van der Waals surface area contributed by atoms with Gasteiger partial charge in [0.15, 0.2) is 0 Å². The van der Waals surface area contributed by atoms with E-state index in [4.69, 9.17) is 5.73 Å². The number of hydrogen-bond donors (Lipinski definition) is 2. The Morgan fingerprint density at radius 1 is 1.13 bits per heavy atom. The summed E-state index contributed by atoms with van der Waals surface area (Å²) < 4.78 is 0. The van der Waals surface area contributed by atoms with Gasteiger partial charge in [-0.25, -0.2) is 0 Å². The van der Waals surface area contributed by atoms with E-state index in [1.165, 1.54) is 44.9 Å². The minimum atomic E-state index is -0.139. The molecular formula is C21H35NO. The van der Waals surface area contributed by atoms with E-state index in [-0.39, 0.29) is 6.10 Å². The highest BCUT2D eigenvalue weighted by molar-refractivity contribution is 5.25. The van der Waals surface area contributed by atoms with Crippen LogP contribution in [0.15, 0.2) is 11.6 Å². The van der Waals surface area contributed by atoms with Crippen LogP contribution in [0.3, 0.4) is 0 Å². The molecule has 3 fully saturated rings. The summed E-state index contributed by atoms with van der Waals surface area (Å²) in [6, 6.07) is 0.394. The first-order valence-electron chi connectivity index (χ1n) is 9.99. The van der Waals surface area contributed by atoms with Gasteiger partial charge in [0.2, 0.25) is 0 Å². The van der Waals surface area contributed by atoms with Crippen molar-refractivity contribution in [1.82, 2.24) is 0 Å². The summed E-state index contributed by atoms with van der Waals surface area (Å²) in [5, 5.41) is 10.3. The molecule has 0 bridgehead atoms. The molecule has 0 unspecified atom stereocenters. The average molecular weight is 318 g/mol. The zero-order valence-electron chi connectivity index (χ0n) is 15.2. The van der Waals surface area contributed by atoms with Crippen molar-refractivity contribution >= 4 is 0 Å². The van der Waals surface area contributed by atoms with Crippen molar-refractivity contribution < 1.29 is 5.11 Å². The Hall–Kier alpha value is -0.340. The Morgan fingerprint density at radius 2 is 1.91 bits per heavy atom. The number of aliphatic hydroxyl groups excluding tert-OH is 1. The third-order valence-electron chi connectivity index (χ3n) is 8.80. The quantitative estimate of drug-likeness (QED) is 0.709. The van der Waals surface area contributed by atoms with Crippen molar-refractivity contribution in [2.24, 2.45) is 40.2 Å². The lowest BCUT2D eigenvalue weighted by Gasteiger charge is -2.58. The van der Waals surface area contributed by atoms with Crippen molar-refractivity contribution in [1.29, 1.82) is 0 Å². The molecule has 4 aliphatic rings. The summed E-state index contributed by atoms with van der Waals surface area (Å²) >= 11 is 0. The normalized spacial score (nSPS) is 53.8. The minimum Gasteiger partial charge on any atom is -0.393 e. The second-order valence-electron chi connectivity index (χ2n) is 9.73. The molecule has 8 atom stereocenters. The fourth-order valence-corrected chi connectivity index (χ4v) is 7.52. The zero-order valence-corrected chi connectivity index (χ0v) is 15.2. The number of hydrogen-bond acceptors (Lipinski definition) is 2. The standard InChI is InChI=1S/C21H35NO/c1-13(23)17-6-7-18-16-5-4-14-12-15(22)8-10-20(14,2)19(16)9-11-21(17,18)3/h4,13,15-19,23H,5-12,22H2,1-3H3/t13-,15+,16-,17+,18-,19-,20-,21+/m0/s1. The Kier molecular flexibility index (Phi) is 3.74. The summed E-state index contributed by atoms with van der Waals surface area (Å²) in [7, 11) is 0. The maximum Gasteiger partial charge on any atom is 0.0545 e. The fraction of sp³-hybridized carbons (Fsp3) is 0.905. The van der Waals surface area contributed by atoms with Crippen molar-refractivity contribution in [3.63, 3.8) is 0 Å². The largest absolute Gasteiger partial charge is 0.393 e. The van der Waals surface area contributed by atoms with E-state index in [0.29, 0.717) is 22.8 Å². The highest BCUT2D eigenvalue weighted by atomic mass is 16.3. The summed E-state index contributed by atoms with van der Waals surface area (Å²) in [5.74, 6) is 3.05. The first-order valence-corrected chi connectivity index (χ1v) is 9.99. The van der Waals surface area contributed by atoms with Gasteiger partial charge in [0.25, 0.3) is 0 Å². The molecule has 3 N–H and O–H groups in total. The first kappa shape index (κ1) is 16.1. The van der Waals surface area contributed by atoms with Gasteiger partial charge in [0.05, 0.1) is 6.10 Å². The van der Waals surface area contributed by atoms with Crippen LogP contribution in [-0.4, -0.2) is 17.3 Å². The molecule has 130 valence electrons. The van der Waals surface area contributed by atoms with Crippen LogP contribution in [0.5, 0.6) is 0 Å². The summed E-state index contributed by atoms with van der Waals surface area (Å²) in [6.07, 6.45) is 12.6. The maximum atomic E-state index is 10.3. The van der Waals surface area contributed by atoms with E-state index in [0.717, 1.165) is 24.2 Å². The topological polar surface area (TPSA) is 46.2 Å². The third kappa shape index (κ3) is 2.20. The van der Waals surface area contributed by atoms with Crippen LogP contribution >= 0.6 is 0 Å². The molecular weight excluding hydrogens is 282 g/mol. The molecule has 0 saturated heterocycles. The number of fused-ring (bicyclic) bond motifs is 5. The summed E-state index contributed by atoms with van der Waals surface area (Å²) in [4.78, 5) is 0. The fourth-order valence-electron chi connectivity index (χ4n) is 7.52. The number of allylic oxidation sites excluding steroid dienone is 1. The SMILES string of the molecule is C[C@H](O)[C@H]1CC[C@H]2[C@@H]3CC=C4C[C@H](N)CC[C@]4(C)[C@H]3CC[C@]12C. The van der Waals surface area contributed by atoms with Gasteiger partial charge in [-0.2, -0.15) is 0 Å². The van der Waals surface area contributed by atoms with Crippen molar-refractivity contribution in [3.8, 4) is 0 Å². The van der Waals surface area contributed by atoms with E-state index in [1.807, 2.05) is 6.92 Å². The van der Waals surface area contributed by atoms with Gasteiger partial charge in [-0.05, 0) is 92.8 Å². The van der Waals surface area contributed by atoms with Gasteiger partial charge in [-0.3, -0.25) is 0 Å². The second kappa shape index (κ2) is 5.33. The molecule has 0 amide bonds. The minimum absolute atomic E-state index is 0.139. The van der Waals surface area contributed by atoms with Gasteiger partial charge in [-0.15, -0.1) is 0 Å². The summed E-state index contributed by atoms with van der Waals surface area (Å²) in [5.41, 5.74) is 8.74. The molecule has 0 aliphatic heterocycles. The number of rotatable bonds is 1. The molecule has 4 rings (SSSR count). The number of aliphatic hydroxyl groups is 1. The van der Waals surface area contributed by atoms with Crippen molar-refractivity contribution in [2.45, 2.75) is 84.3 Å². The first-order chi connectivity index (χ1) is 10.9. The van der Waals surface area contributed by atoms with E-state index in [1.54, 1.807) is 5.57 Å². The molecule has 0 heterocycles. The van der Waals surface area contributed by atoms with E-state index < -0.39 is 0 Å². The molecule has 2 heteroatoms. The molecule has 4 aliphatic carbocycles. The monoisotopic (exact) mass is 317 g/mol. The lowest BCUT2D eigenvalue weighted by Crippen LogP contribution is -2.51. The smallest absolute Gasteiger partial charge is 0.0545 e. The maximum absolute atomic E-state index is 10.3. The van der Waals surface area contributed by atoms with Crippen LogP contribution in [0.2, 0.25) is 0 Å². The van der Waals surface area contributed by atoms with Crippen LogP contribution in [-0.2, 0) is 0 Å². The third-order valence-corrected chi connectivity index (χ3v) is 8.80. The van der Waals surface area contributed by atoms with Gasteiger partial charge < -0.3 is 10.8 Å². The van der Waals surface area contributed by atoms with Crippen LogP contribution < -0.4 is 5.73 Å². The van der Waals surface area contributed by atoms with Crippen molar-refractivity contribution in [2.75, 3.05) is 0 Å². The Labute approximate surface area is 141 Å². The second-order valence-corrected chi connectivity index (χ2v) is 9.73. The van der Waals surface area contributed by atoms with Gasteiger partial charge in [0.1, 0.15) is 0 Å². The molecule has 2 nitrogen and oxygen atoms in total. The zero-order chi connectivity index (χ0) is 16.4. The van der Waals surface area contributed by atoms with Gasteiger partial charge in [0, 0.05) is 6.04 Å². The molecule has 23 heavy (non-hydrogen) atoms. The van der Waals surface area contributed by atoms with Crippen LogP contribution in [0.4, 0.5) is 0 Å². The Morgan fingerprint density at radius 3 is 2.65 bits per heavy atom. The molecule has 0 aromatic carbocycles. The molecule has 0 aromatic heterocycles. The van der Waals surface area contributed by atoms with Gasteiger partial charge in [-0.1, -0.05) is 25.5 Å². The Balaban J connectivity index is 1.65. The highest BCUT2D eigenvalue weighted by Gasteiger charge is 2.59. The molecule has 0 spiro atoms. The highest BCUT2D eigenvalue weighted by Crippen LogP contribution is 2.66.